The molecule has 1 aliphatic rings. The molecule has 0 unspecified atom stereocenters. The summed E-state index contributed by atoms with van der Waals surface area (Å²) >= 11 is 0. The Morgan fingerprint density at radius 1 is 1.25 bits per heavy atom. The maximum Gasteiger partial charge on any atom is 0.276 e. The predicted molar refractivity (Wildman–Crippen MR) is 101 cm³/mol. The molecular weight excluding hydrogens is 360 g/mol. The Bertz CT molecular complexity index is 932. The van der Waals surface area contributed by atoms with E-state index in [4.69, 9.17) is 18.4 Å². The van der Waals surface area contributed by atoms with E-state index in [9.17, 15) is 4.79 Å². The van der Waals surface area contributed by atoms with Crippen LogP contribution < -0.4 is 4.74 Å². The topological polar surface area (TPSA) is 77.9 Å². The summed E-state index contributed by atoms with van der Waals surface area (Å²) in [6.45, 7) is 4.33. The second kappa shape index (κ2) is 8.31. The summed E-state index contributed by atoms with van der Waals surface area (Å²) in [5, 5.41) is 4.08. The number of aromatic nitrogens is 1. The van der Waals surface area contributed by atoms with Gasteiger partial charge in [-0.05, 0) is 37.6 Å². The lowest BCUT2D eigenvalue weighted by Crippen LogP contribution is -2.33. The zero-order valence-electron chi connectivity index (χ0n) is 15.7. The van der Waals surface area contributed by atoms with E-state index in [-0.39, 0.29) is 18.2 Å². The average Bonchev–Trinajstić information content (AvgIpc) is 3.39. The second-order valence-electron chi connectivity index (χ2n) is 6.48. The highest BCUT2D eigenvalue weighted by molar-refractivity contribution is 5.95. The number of hydrogen-bond donors (Lipinski definition) is 0. The molecule has 28 heavy (non-hydrogen) atoms. The fraction of sp³-hybridized carbons (Fsp3) is 0.333. The molecule has 1 aromatic carbocycles. The Morgan fingerprint density at radius 3 is 2.96 bits per heavy atom. The molecule has 0 aliphatic carbocycles. The van der Waals surface area contributed by atoms with Crippen LogP contribution in [0, 0.1) is 0 Å². The van der Waals surface area contributed by atoms with Crippen LogP contribution in [0.5, 0.6) is 5.75 Å². The number of carbonyl (C=O) groups is 1. The molecule has 3 heterocycles. The Labute approximate surface area is 162 Å². The summed E-state index contributed by atoms with van der Waals surface area (Å²) in [4.78, 5) is 15.0. The highest BCUT2D eigenvalue weighted by Gasteiger charge is 2.31. The maximum absolute atomic E-state index is 13.2. The summed E-state index contributed by atoms with van der Waals surface area (Å²) in [7, 11) is 0. The van der Waals surface area contributed by atoms with E-state index in [0.717, 1.165) is 17.7 Å². The van der Waals surface area contributed by atoms with Gasteiger partial charge in [-0.2, -0.15) is 0 Å². The number of furan rings is 1. The van der Waals surface area contributed by atoms with Gasteiger partial charge < -0.3 is 23.3 Å². The minimum Gasteiger partial charge on any atom is -0.488 e. The van der Waals surface area contributed by atoms with Crippen molar-refractivity contribution in [2.75, 3.05) is 19.8 Å². The van der Waals surface area contributed by atoms with E-state index < -0.39 is 0 Å². The molecule has 0 spiro atoms. The number of para-hydroxylation sites is 1. The largest absolute Gasteiger partial charge is 0.488 e. The molecule has 4 rings (SSSR count). The van der Waals surface area contributed by atoms with Gasteiger partial charge in [0.05, 0.1) is 23.9 Å². The first-order chi connectivity index (χ1) is 13.8. The number of fused-ring (bicyclic) bond motifs is 3. The van der Waals surface area contributed by atoms with Crippen LogP contribution in [-0.2, 0) is 17.9 Å². The molecule has 0 N–H and O–H groups in total. The van der Waals surface area contributed by atoms with E-state index in [1.165, 1.54) is 0 Å². The number of rotatable bonds is 8. The molecule has 0 fully saturated rings. The van der Waals surface area contributed by atoms with Crippen molar-refractivity contribution in [3.63, 3.8) is 0 Å². The molecule has 7 nitrogen and oxygen atoms in total. The molecule has 7 heteroatoms. The van der Waals surface area contributed by atoms with Crippen LogP contribution in [0.3, 0.4) is 0 Å². The first kappa shape index (κ1) is 18.3. The van der Waals surface area contributed by atoms with Gasteiger partial charge in [0.25, 0.3) is 5.91 Å². The molecule has 2 aromatic heterocycles. The Kier molecular flexibility index (Phi) is 5.43. The van der Waals surface area contributed by atoms with Crippen LogP contribution in [0.4, 0.5) is 0 Å². The van der Waals surface area contributed by atoms with Crippen molar-refractivity contribution in [1.29, 1.82) is 0 Å². The number of nitrogens with zero attached hydrogens (tertiary/aromatic N) is 2. The predicted octanol–water partition coefficient (Wildman–Crippen LogP) is 3.90. The Hall–Kier alpha value is -3.06. The monoisotopic (exact) mass is 382 g/mol. The van der Waals surface area contributed by atoms with Crippen LogP contribution in [0.15, 0.2) is 51.6 Å². The van der Waals surface area contributed by atoms with Gasteiger partial charge in [0, 0.05) is 19.8 Å². The molecule has 3 aromatic rings. The number of carbonyl (C=O) groups excluding carboxylic acids is 1. The molecule has 0 atom stereocenters. The Morgan fingerprint density at radius 2 is 2.14 bits per heavy atom. The molecular formula is C21H22N2O5. The smallest absolute Gasteiger partial charge is 0.276 e. The van der Waals surface area contributed by atoms with Gasteiger partial charge in [-0.15, -0.1) is 0 Å². The van der Waals surface area contributed by atoms with E-state index in [2.05, 4.69) is 5.16 Å². The fourth-order valence-corrected chi connectivity index (χ4v) is 3.25. The average molecular weight is 382 g/mol. The lowest BCUT2D eigenvalue weighted by molar-refractivity contribution is 0.0687. The summed E-state index contributed by atoms with van der Waals surface area (Å²) in [6.07, 6.45) is 2.32. The van der Waals surface area contributed by atoms with Gasteiger partial charge in [0.2, 0.25) is 0 Å². The zero-order chi connectivity index (χ0) is 19.3. The van der Waals surface area contributed by atoms with Crippen molar-refractivity contribution in [1.82, 2.24) is 10.1 Å². The third-order valence-corrected chi connectivity index (χ3v) is 4.63. The highest BCUT2D eigenvalue weighted by atomic mass is 16.5. The number of hydrogen-bond acceptors (Lipinski definition) is 6. The van der Waals surface area contributed by atoms with Crippen molar-refractivity contribution in [3.05, 3.63) is 59.7 Å². The normalized spacial score (nSPS) is 12.2. The minimum atomic E-state index is -0.208. The fourth-order valence-electron chi connectivity index (χ4n) is 3.25. The van der Waals surface area contributed by atoms with Crippen LogP contribution in [-0.4, -0.2) is 35.7 Å². The van der Waals surface area contributed by atoms with E-state index in [0.29, 0.717) is 43.4 Å². The van der Waals surface area contributed by atoms with E-state index >= 15 is 0 Å². The van der Waals surface area contributed by atoms with Crippen LogP contribution in [0.2, 0.25) is 0 Å². The Balaban J connectivity index is 1.58. The van der Waals surface area contributed by atoms with Crippen molar-refractivity contribution in [2.24, 2.45) is 0 Å². The number of ether oxygens (including phenoxy) is 2. The van der Waals surface area contributed by atoms with Crippen molar-refractivity contribution in [2.45, 2.75) is 26.5 Å². The molecule has 0 saturated heterocycles. The third kappa shape index (κ3) is 3.66. The van der Waals surface area contributed by atoms with Crippen LogP contribution >= 0.6 is 0 Å². The highest BCUT2D eigenvalue weighted by Crippen LogP contribution is 2.38. The van der Waals surface area contributed by atoms with Gasteiger partial charge in [-0.3, -0.25) is 4.79 Å². The lowest BCUT2D eigenvalue weighted by Gasteiger charge is -2.22. The number of amides is 1. The molecule has 0 saturated carbocycles. The van der Waals surface area contributed by atoms with Crippen LogP contribution in [0.1, 0.15) is 35.2 Å². The standard InChI is InChI=1S/C21H22N2O5/c1-2-25-11-6-10-23(13-15-7-5-12-26-15)21(24)19-17-14-27-18-9-4-3-8-16(18)20(17)28-22-19/h3-5,7-9,12H,2,6,10-11,13-14H2,1H3. The summed E-state index contributed by atoms with van der Waals surface area (Å²) in [5.74, 6) is 1.83. The van der Waals surface area contributed by atoms with E-state index in [1.807, 2.05) is 37.3 Å². The maximum atomic E-state index is 13.2. The van der Waals surface area contributed by atoms with Crippen molar-refractivity contribution >= 4 is 5.91 Å². The molecule has 1 aliphatic heterocycles. The van der Waals surface area contributed by atoms with Gasteiger partial charge in [0.15, 0.2) is 11.5 Å². The van der Waals surface area contributed by atoms with Gasteiger partial charge in [0.1, 0.15) is 18.1 Å². The van der Waals surface area contributed by atoms with E-state index in [1.54, 1.807) is 17.2 Å². The number of benzene rings is 1. The minimum absolute atomic E-state index is 0.208. The van der Waals surface area contributed by atoms with Gasteiger partial charge in [-0.1, -0.05) is 17.3 Å². The quantitative estimate of drug-likeness (QED) is 0.550. The van der Waals surface area contributed by atoms with Crippen molar-refractivity contribution in [3.8, 4) is 17.1 Å². The first-order valence-corrected chi connectivity index (χ1v) is 9.38. The van der Waals surface area contributed by atoms with Crippen LogP contribution in [0.25, 0.3) is 11.3 Å². The van der Waals surface area contributed by atoms with Gasteiger partial charge >= 0.3 is 0 Å². The third-order valence-electron chi connectivity index (χ3n) is 4.63. The molecule has 0 bridgehead atoms. The summed E-state index contributed by atoms with van der Waals surface area (Å²) in [6, 6.07) is 11.2. The second-order valence-corrected chi connectivity index (χ2v) is 6.48. The molecule has 0 radical (unpaired) electrons. The summed E-state index contributed by atoms with van der Waals surface area (Å²) < 4.78 is 22.2. The lowest BCUT2D eigenvalue weighted by atomic mass is 10.0. The van der Waals surface area contributed by atoms with Gasteiger partial charge in [-0.25, -0.2) is 0 Å². The zero-order valence-corrected chi connectivity index (χ0v) is 15.7. The SMILES string of the molecule is CCOCCCN(Cc1ccco1)C(=O)c1noc2c1COc1ccccc1-2. The molecule has 1 amide bonds. The van der Waals surface area contributed by atoms with Crippen molar-refractivity contribution < 1.29 is 23.2 Å². The molecule has 146 valence electrons. The summed E-state index contributed by atoms with van der Waals surface area (Å²) in [5.41, 5.74) is 1.77. The first-order valence-electron chi connectivity index (χ1n) is 9.38.